The molecule has 3 nitrogen and oxygen atoms in total. The molecule has 0 spiro atoms. The number of rotatable bonds is 4. The molecular formula is C11H16FNO2. The molecule has 1 aromatic carbocycles. The third-order valence-electron chi connectivity index (χ3n) is 2.32. The molecule has 0 aromatic heterocycles. The minimum absolute atomic E-state index is 0.0412. The lowest BCUT2D eigenvalue weighted by atomic mass is 10.0. The van der Waals surface area contributed by atoms with Crippen LogP contribution in [0.25, 0.3) is 0 Å². The largest absolute Gasteiger partial charge is 0.505 e. The summed E-state index contributed by atoms with van der Waals surface area (Å²) in [5.74, 6) is -0.768. The summed E-state index contributed by atoms with van der Waals surface area (Å²) < 4.78 is 13.0. The second kappa shape index (κ2) is 4.98. The predicted octanol–water partition coefficient (Wildman–Crippen LogP) is 2.34. The van der Waals surface area contributed by atoms with Crippen molar-refractivity contribution < 1.29 is 14.6 Å². The molecule has 0 saturated carbocycles. The molecule has 1 atom stereocenters. The zero-order valence-electron chi connectivity index (χ0n) is 8.70. The van der Waals surface area contributed by atoms with Gasteiger partial charge in [0, 0.05) is 11.6 Å². The summed E-state index contributed by atoms with van der Waals surface area (Å²) in [6, 6.07) is 2.15. The Morgan fingerprint density at radius 2 is 2.13 bits per heavy atom. The number of phenolic OH excluding ortho intramolecular Hbond substituents is 1. The highest BCUT2D eigenvalue weighted by molar-refractivity contribution is 5.56. The van der Waals surface area contributed by atoms with Gasteiger partial charge in [0.05, 0.1) is 11.8 Å². The number of aliphatic hydroxyl groups excluding tert-OH is 1. The van der Waals surface area contributed by atoms with E-state index < -0.39 is 11.9 Å². The standard InChI is InChI=1S/C11H16FNO2/c1-2-3-4-10(14)8-5-7(12)6-9(13)11(8)15/h5-6,10,14-15H,2-4,13H2,1H3. The number of aliphatic hydroxyl groups is 1. The molecule has 0 heterocycles. The molecule has 15 heavy (non-hydrogen) atoms. The quantitative estimate of drug-likeness (QED) is 0.531. The van der Waals surface area contributed by atoms with Gasteiger partial charge in [0.15, 0.2) is 0 Å². The van der Waals surface area contributed by atoms with Crippen molar-refractivity contribution in [1.82, 2.24) is 0 Å². The Hall–Kier alpha value is -1.29. The minimum atomic E-state index is -0.858. The van der Waals surface area contributed by atoms with Crippen LogP contribution in [0.1, 0.15) is 37.9 Å². The maximum absolute atomic E-state index is 13.0. The van der Waals surface area contributed by atoms with Crippen molar-refractivity contribution in [2.75, 3.05) is 5.73 Å². The number of halogens is 1. The molecule has 0 aliphatic heterocycles. The van der Waals surface area contributed by atoms with Gasteiger partial charge in [-0.3, -0.25) is 0 Å². The van der Waals surface area contributed by atoms with Gasteiger partial charge in [-0.25, -0.2) is 4.39 Å². The van der Waals surface area contributed by atoms with Crippen molar-refractivity contribution in [1.29, 1.82) is 0 Å². The van der Waals surface area contributed by atoms with Crippen molar-refractivity contribution in [3.63, 3.8) is 0 Å². The number of aromatic hydroxyl groups is 1. The summed E-state index contributed by atoms with van der Waals surface area (Å²) in [6.45, 7) is 1.99. The van der Waals surface area contributed by atoms with Gasteiger partial charge < -0.3 is 15.9 Å². The van der Waals surface area contributed by atoms with Gasteiger partial charge in [-0.1, -0.05) is 19.8 Å². The lowest BCUT2D eigenvalue weighted by Crippen LogP contribution is -2.01. The summed E-state index contributed by atoms with van der Waals surface area (Å²) in [4.78, 5) is 0. The van der Waals surface area contributed by atoms with E-state index >= 15 is 0 Å². The van der Waals surface area contributed by atoms with Crippen LogP contribution < -0.4 is 5.73 Å². The number of hydrogen-bond donors (Lipinski definition) is 3. The highest BCUT2D eigenvalue weighted by atomic mass is 19.1. The number of phenols is 1. The van der Waals surface area contributed by atoms with Crippen LogP contribution in [0.2, 0.25) is 0 Å². The highest BCUT2D eigenvalue weighted by Crippen LogP contribution is 2.33. The van der Waals surface area contributed by atoms with Gasteiger partial charge in [-0.05, 0) is 12.5 Å². The molecule has 0 radical (unpaired) electrons. The van der Waals surface area contributed by atoms with E-state index in [1.807, 2.05) is 6.92 Å². The number of nitrogens with two attached hydrogens (primary N) is 1. The van der Waals surface area contributed by atoms with Crippen molar-refractivity contribution in [3.05, 3.63) is 23.5 Å². The molecule has 0 fully saturated rings. The molecule has 1 rings (SSSR count). The minimum Gasteiger partial charge on any atom is -0.505 e. The maximum Gasteiger partial charge on any atom is 0.144 e. The van der Waals surface area contributed by atoms with Crippen LogP contribution >= 0.6 is 0 Å². The van der Waals surface area contributed by atoms with Gasteiger partial charge in [0.1, 0.15) is 11.6 Å². The van der Waals surface area contributed by atoms with E-state index in [1.54, 1.807) is 0 Å². The van der Waals surface area contributed by atoms with Gasteiger partial charge >= 0.3 is 0 Å². The first-order valence-electron chi connectivity index (χ1n) is 5.02. The zero-order chi connectivity index (χ0) is 11.4. The normalized spacial score (nSPS) is 12.7. The number of hydrogen-bond acceptors (Lipinski definition) is 3. The van der Waals surface area contributed by atoms with Crippen LogP contribution in [-0.2, 0) is 0 Å². The van der Waals surface area contributed by atoms with E-state index in [4.69, 9.17) is 5.73 Å². The van der Waals surface area contributed by atoms with E-state index in [0.29, 0.717) is 6.42 Å². The van der Waals surface area contributed by atoms with Crippen LogP contribution in [0.4, 0.5) is 10.1 Å². The van der Waals surface area contributed by atoms with Gasteiger partial charge in [-0.2, -0.15) is 0 Å². The lowest BCUT2D eigenvalue weighted by Gasteiger charge is -2.13. The Bertz CT molecular complexity index is 342. The first-order valence-corrected chi connectivity index (χ1v) is 5.02. The molecule has 1 aromatic rings. The Balaban J connectivity index is 2.92. The third kappa shape index (κ3) is 2.83. The van der Waals surface area contributed by atoms with Crippen molar-refractivity contribution in [3.8, 4) is 5.75 Å². The average Bonchev–Trinajstić information content (AvgIpc) is 2.19. The summed E-state index contributed by atoms with van der Waals surface area (Å²) >= 11 is 0. The van der Waals surface area contributed by atoms with E-state index in [9.17, 15) is 14.6 Å². The number of benzene rings is 1. The third-order valence-corrected chi connectivity index (χ3v) is 2.32. The molecule has 0 amide bonds. The van der Waals surface area contributed by atoms with Crippen molar-refractivity contribution in [2.45, 2.75) is 32.3 Å². The van der Waals surface area contributed by atoms with Gasteiger partial charge in [0.25, 0.3) is 0 Å². The van der Waals surface area contributed by atoms with E-state index in [2.05, 4.69) is 0 Å². The molecule has 1 unspecified atom stereocenters. The van der Waals surface area contributed by atoms with Gasteiger partial charge in [0.2, 0.25) is 0 Å². The first-order chi connectivity index (χ1) is 7.06. The molecule has 0 aliphatic carbocycles. The molecule has 0 saturated heterocycles. The van der Waals surface area contributed by atoms with Crippen LogP contribution in [0.15, 0.2) is 12.1 Å². The molecule has 0 aliphatic rings. The SMILES string of the molecule is CCCCC(O)c1cc(F)cc(N)c1O. The van der Waals surface area contributed by atoms with E-state index in [0.717, 1.165) is 25.0 Å². The average molecular weight is 213 g/mol. The van der Waals surface area contributed by atoms with Gasteiger partial charge in [-0.15, -0.1) is 0 Å². The molecule has 4 N–H and O–H groups in total. The number of nitrogen functional groups attached to an aromatic ring is 1. The summed E-state index contributed by atoms with van der Waals surface area (Å²) in [6.07, 6.45) is 1.38. The Labute approximate surface area is 88.4 Å². The van der Waals surface area contributed by atoms with E-state index in [-0.39, 0.29) is 17.0 Å². The lowest BCUT2D eigenvalue weighted by molar-refractivity contribution is 0.160. The monoisotopic (exact) mass is 213 g/mol. The molecular weight excluding hydrogens is 197 g/mol. The molecule has 84 valence electrons. The second-order valence-electron chi connectivity index (χ2n) is 3.59. The maximum atomic E-state index is 13.0. The smallest absolute Gasteiger partial charge is 0.144 e. The summed E-state index contributed by atoms with van der Waals surface area (Å²) in [5, 5.41) is 19.2. The van der Waals surface area contributed by atoms with Crippen LogP contribution in [0.3, 0.4) is 0 Å². The van der Waals surface area contributed by atoms with Crippen molar-refractivity contribution >= 4 is 5.69 Å². The number of unbranched alkanes of at least 4 members (excludes halogenated alkanes) is 1. The highest BCUT2D eigenvalue weighted by Gasteiger charge is 2.15. The van der Waals surface area contributed by atoms with Crippen LogP contribution in [0.5, 0.6) is 5.75 Å². The van der Waals surface area contributed by atoms with Crippen LogP contribution in [-0.4, -0.2) is 10.2 Å². The fourth-order valence-electron chi connectivity index (χ4n) is 1.45. The molecule has 0 bridgehead atoms. The Morgan fingerprint density at radius 1 is 1.47 bits per heavy atom. The fourth-order valence-corrected chi connectivity index (χ4v) is 1.45. The second-order valence-corrected chi connectivity index (χ2v) is 3.59. The summed E-state index contributed by atoms with van der Waals surface area (Å²) in [5.41, 5.74) is 5.51. The topological polar surface area (TPSA) is 66.5 Å². The van der Waals surface area contributed by atoms with Crippen LogP contribution in [0, 0.1) is 5.82 Å². The Morgan fingerprint density at radius 3 is 2.73 bits per heavy atom. The first kappa shape index (κ1) is 11.8. The summed E-state index contributed by atoms with van der Waals surface area (Å²) in [7, 11) is 0. The van der Waals surface area contributed by atoms with Crippen molar-refractivity contribution in [2.24, 2.45) is 0 Å². The molecule has 4 heteroatoms. The Kier molecular flexibility index (Phi) is 3.91. The van der Waals surface area contributed by atoms with E-state index in [1.165, 1.54) is 0 Å². The zero-order valence-corrected chi connectivity index (χ0v) is 8.70. The number of anilines is 1. The predicted molar refractivity (Wildman–Crippen MR) is 57.0 cm³/mol. The fraction of sp³-hybridized carbons (Fsp3) is 0.455.